The Morgan fingerprint density at radius 1 is 1.33 bits per heavy atom. The van der Waals surface area contributed by atoms with E-state index in [4.69, 9.17) is 5.11 Å². The molecular formula is C10H8N2O3. The Hall–Kier alpha value is -2.17. The summed E-state index contributed by atoms with van der Waals surface area (Å²) in [4.78, 5) is 14.1. The van der Waals surface area contributed by atoms with Gasteiger partial charge in [-0.25, -0.2) is 0 Å². The Morgan fingerprint density at radius 3 is 2.67 bits per heavy atom. The number of hydrogen-bond acceptors (Lipinski definition) is 5. The molecule has 15 heavy (non-hydrogen) atoms. The van der Waals surface area contributed by atoms with Crippen molar-refractivity contribution in [3.05, 3.63) is 41.5 Å². The second-order valence-electron chi connectivity index (χ2n) is 3.01. The molecule has 2 rings (SSSR count). The van der Waals surface area contributed by atoms with Crippen molar-refractivity contribution in [2.24, 2.45) is 0 Å². The second-order valence-corrected chi connectivity index (χ2v) is 3.01. The van der Waals surface area contributed by atoms with Crippen molar-refractivity contribution < 1.29 is 14.4 Å². The zero-order valence-electron chi connectivity index (χ0n) is 7.75. The topological polar surface area (TPSA) is 76.2 Å². The molecule has 1 heterocycles. The van der Waals surface area contributed by atoms with Gasteiger partial charge >= 0.3 is 0 Å². The number of nitrogens with zero attached hydrogens (tertiary/aromatic N) is 2. The monoisotopic (exact) mass is 204 g/mol. The summed E-state index contributed by atoms with van der Waals surface area (Å²) < 4.78 is 4.63. The van der Waals surface area contributed by atoms with Crippen LogP contribution >= 0.6 is 0 Å². The van der Waals surface area contributed by atoms with Gasteiger partial charge in [0.05, 0.1) is 0 Å². The molecule has 0 saturated heterocycles. The molecule has 0 radical (unpaired) electrons. The molecule has 0 aliphatic rings. The maximum Gasteiger partial charge on any atom is 0.290 e. The quantitative estimate of drug-likeness (QED) is 0.759. The van der Waals surface area contributed by atoms with E-state index in [2.05, 4.69) is 14.7 Å². The molecule has 76 valence electrons. The van der Waals surface area contributed by atoms with Gasteiger partial charge in [0, 0.05) is 6.42 Å². The number of rotatable bonds is 3. The highest BCUT2D eigenvalue weighted by atomic mass is 16.5. The minimum atomic E-state index is -0.0243. The van der Waals surface area contributed by atoms with Crippen LogP contribution in [0.3, 0.4) is 0 Å². The largest absolute Gasteiger partial charge is 0.508 e. The van der Waals surface area contributed by atoms with Gasteiger partial charge in [0.2, 0.25) is 6.29 Å². The molecule has 0 bridgehead atoms. The Kier molecular flexibility index (Phi) is 2.45. The second kappa shape index (κ2) is 3.91. The SMILES string of the molecule is O=Cc1nc(Cc2ccc(O)cc2)no1. The average Bonchev–Trinajstić information content (AvgIpc) is 2.69. The summed E-state index contributed by atoms with van der Waals surface area (Å²) in [6, 6.07) is 6.67. The van der Waals surface area contributed by atoms with Crippen molar-refractivity contribution in [2.75, 3.05) is 0 Å². The fraction of sp³-hybridized carbons (Fsp3) is 0.100. The molecule has 0 aliphatic heterocycles. The smallest absolute Gasteiger partial charge is 0.290 e. The van der Waals surface area contributed by atoms with Gasteiger partial charge in [0.25, 0.3) is 5.89 Å². The van der Waals surface area contributed by atoms with Crippen LogP contribution in [0.15, 0.2) is 28.8 Å². The third kappa shape index (κ3) is 2.19. The predicted molar refractivity (Wildman–Crippen MR) is 50.6 cm³/mol. The van der Waals surface area contributed by atoms with Crippen LogP contribution in [-0.4, -0.2) is 21.5 Å². The molecule has 0 saturated carbocycles. The van der Waals surface area contributed by atoms with E-state index in [1.54, 1.807) is 24.3 Å². The third-order valence-corrected chi connectivity index (χ3v) is 1.88. The lowest BCUT2D eigenvalue weighted by molar-refractivity contribution is 0.108. The molecule has 0 unspecified atom stereocenters. The maximum absolute atomic E-state index is 10.3. The lowest BCUT2D eigenvalue weighted by atomic mass is 10.1. The van der Waals surface area contributed by atoms with Crippen LogP contribution in [0.5, 0.6) is 5.75 Å². The van der Waals surface area contributed by atoms with Gasteiger partial charge in [0.15, 0.2) is 5.82 Å². The molecule has 0 fully saturated rings. The highest BCUT2D eigenvalue weighted by molar-refractivity contribution is 5.66. The van der Waals surface area contributed by atoms with Crippen LogP contribution in [-0.2, 0) is 6.42 Å². The number of aromatic nitrogens is 2. The van der Waals surface area contributed by atoms with Crippen LogP contribution in [0.2, 0.25) is 0 Å². The third-order valence-electron chi connectivity index (χ3n) is 1.88. The van der Waals surface area contributed by atoms with E-state index in [1.165, 1.54) is 0 Å². The lowest BCUT2D eigenvalue weighted by Gasteiger charge is -1.96. The summed E-state index contributed by atoms with van der Waals surface area (Å²) in [5, 5.41) is 12.7. The van der Waals surface area contributed by atoms with E-state index < -0.39 is 0 Å². The zero-order chi connectivity index (χ0) is 10.7. The summed E-state index contributed by atoms with van der Waals surface area (Å²) in [6.07, 6.45) is 0.977. The summed E-state index contributed by atoms with van der Waals surface area (Å²) in [6.45, 7) is 0. The molecule has 0 atom stereocenters. The first kappa shape index (κ1) is 9.39. The van der Waals surface area contributed by atoms with Gasteiger partial charge in [-0.2, -0.15) is 4.98 Å². The summed E-state index contributed by atoms with van der Waals surface area (Å²) in [5.74, 6) is 0.631. The molecule has 0 amide bonds. The van der Waals surface area contributed by atoms with E-state index >= 15 is 0 Å². The van der Waals surface area contributed by atoms with E-state index in [9.17, 15) is 4.79 Å². The Bertz CT molecular complexity index is 462. The van der Waals surface area contributed by atoms with E-state index in [1.807, 2.05) is 0 Å². The standard InChI is InChI=1S/C10H8N2O3/c13-6-10-11-9(12-15-10)5-7-1-3-8(14)4-2-7/h1-4,6,14H,5H2. The predicted octanol–water partition coefficient (Wildman–Crippen LogP) is 1.18. The number of aldehydes is 1. The van der Waals surface area contributed by atoms with Crippen molar-refractivity contribution in [3.63, 3.8) is 0 Å². The van der Waals surface area contributed by atoms with Gasteiger partial charge in [-0.1, -0.05) is 17.3 Å². The van der Waals surface area contributed by atoms with E-state index in [0.717, 1.165) is 5.56 Å². The molecule has 5 nitrogen and oxygen atoms in total. The minimum Gasteiger partial charge on any atom is -0.508 e. The summed E-state index contributed by atoms with van der Waals surface area (Å²) in [5.41, 5.74) is 0.936. The number of aromatic hydroxyl groups is 1. The average molecular weight is 204 g/mol. The van der Waals surface area contributed by atoms with E-state index in [-0.39, 0.29) is 11.6 Å². The van der Waals surface area contributed by atoms with Crippen molar-refractivity contribution in [2.45, 2.75) is 6.42 Å². The van der Waals surface area contributed by atoms with Crippen molar-refractivity contribution in [1.82, 2.24) is 10.1 Å². The van der Waals surface area contributed by atoms with Crippen LogP contribution in [0, 0.1) is 0 Å². The highest BCUT2D eigenvalue weighted by Crippen LogP contribution is 2.12. The van der Waals surface area contributed by atoms with Crippen LogP contribution in [0.1, 0.15) is 22.1 Å². The molecule has 1 aromatic heterocycles. The first-order valence-electron chi connectivity index (χ1n) is 4.33. The van der Waals surface area contributed by atoms with Crippen LogP contribution in [0.4, 0.5) is 0 Å². The lowest BCUT2D eigenvalue weighted by Crippen LogP contribution is -1.90. The van der Waals surface area contributed by atoms with Crippen molar-refractivity contribution in [3.8, 4) is 5.75 Å². The molecule has 2 aromatic rings. The molecule has 0 aliphatic carbocycles. The van der Waals surface area contributed by atoms with Gasteiger partial charge in [0.1, 0.15) is 5.75 Å². The van der Waals surface area contributed by atoms with Crippen LogP contribution < -0.4 is 0 Å². The van der Waals surface area contributed by atoms with E-state index in [0.29, 0.717) is 18.5 Å². The summed E-state index contributed by atoms with van der Waals surface area (Å²) >= 11 is 0. The van der Waals surface area contributed by atoms with Gasteiger partial charge in [-0.3, -0.25) is 4.79 Å². The molecule has 0 spiro atoms. The van der Waals surface area contributed by atoms with Crippen LogP contribution in [0.25, 0.3) is 0 Å². The minimum absolute atomic E-state index is 0.0243. The van der Waals surface area contributed by atoms with Crippen molar-refractivity contribution >= 4 is 6.29 Å². The molecule has 1 aromatic carbocycles. The Balaban J connectivity index is 2.14. The summed E-state index contributed by atoms with van der Waals surface area (Å²) in [7, 11) is 0. The number of benzene rings is 1. The number of hydrogen-bond donors (Lipinski definition) is 1. The Morgan fingerprint density at radius 2 is 2.07 bits per heavy atom. The first-order valence-corrected chi connectivity index (χ1v) is 4.33. The van der Waals surface area contributed by atoms with Gasteiger partial charge in [-0.15, -0.1) is 0 Å². The number of phenols is 1. The number of phenolic OH excluding ortho intramolecular Hbond substituents is 1. The molecular weight excluding hydrogens is 196 g/mol. The van der Waals surface area contributed by atoms with Crippen molar-refractivity contribution in [1.29, 1.82) is 0 Å². The number of carbonyl (C=O) groups excluding carboxylic acids is 1. The maximum atomic E-state index is 10.3. The van der Waals surface area contributed by atoms with Gasteiger partial charge < -0.3 is 9.63 Å². The normalized spacial score (nSPS) is 10.1. The first-order chi connectivity index (χ1) is 7.28. The fourth-order valence-electron chi connectivity index (χ4n) is 1.18. The fourth-order valence-corrected chi connectivity index (χ4v) is 1.18. The molecule has 1 N–H and O–H groups in total. The van der Waals surface area contributed by atoms with Gasteiger partial charge in [-0.05, 0) is 17.7 Å². The molecule has 5 heteroatoms. The number of carbonyl (C=O) groups is 1. The highest BCUT2D eigenvalue weighted by Gasteiger charge is 2.05. The Labute approximate surface area is 85.4 Å². The zero-order valence-corrected chi connectivity index (χ0v) is 7.75.